The first-order valence-corrected chi connectivity index (χ1v) is 8.57. The van der Waals surface area contributed by atoms with E-state index in [-0.39, 0.29) is 11.9 Å². The van der Waals surface area contributed by atoms with Gasteiger partial charge in [0, 0.05) is 28.6 Å². The number of rotatable bonds is 3. The molecular weight excluding hydrogens is 336 g/mol. The van der Waals surface area contributed by atoms with Crippen LogP contribution in [0.3, 0.4) is 0 Å². The molecule has 2 heterocycles. The molecule has 6 heteroatoms. The van der Waals surface area contributed by atoms with E-state index in [2.05, 4.69) is 33.6 Å². The molecule has 0 radical (unpaired) electrons. The molecule has 1 unspecified atom stereocenters. The van der Waals surface area contributed by atoms with Crippen molar-refractivity contribution in [1.29, 1.82) is 0 Å². The second kappa shape index (κ2) is 6.33. The van der Waals surface area contributed by atoms with Crippen molar-refractivity contribution in [2.75, 3.05) is 10.6 Å². The van der Waals surface area contributed by atoms with Gasteiger partial charge in [-0.25, -0.2) is 9.97 Å². The van der Waals surface area contributed by atoms with Crippen molar-refractivity contribution in [3.63, 3.8) is 0 Å². The van der Waals surface area contributed by atoms with Crippen LogP contribution in [0.25, 0.3) is 10.9 Å². The number of aromatic nitrogens is 2. The zero-order valence-electron chi connectivity index (χ0n) is 13.7. The molecular formula is C19H17ClN4O. The summed E-state index contributed by atoms with van der Waals surface area (Å²) in [4.78, 5) is 20.1. The molecule has 0 aliphatic carbocycles. The summed E-state index contributed by atoms with van der Waals surface area (Å²) in [5, 5.41) is 7.96. The highest BCUT2D eigenvalue weighted by Gasteiger charge is 2.17. The zero-order valence-corrected chi connectivity index (χ0v) is 14.5. The lowest BCUT2D eigenvalue weighted by molar-refractivity contribution is -0.116. The van der Waals surface area contributed by atoms with Crippen LogP contribution in [-0.2, 0) is 11.2 Å². The monoisotopic (exact) mass is 352 g/mol. The van der Waals surface area contributed by atoms with Crippen LogP contribution in [0.5, 0.6) is 0 Å². The number of halogens is 1. The first kappa shape index (κ1) is 15.8. The molecule has 2 aromatic carbocycles. The number of hydrogen-bond acceptors (Lipinski definition) is 4. The number of benzene rings is 2. The second-order valence-corrected chi connectivity index (χ2v) is 6.65. The van der Waals surface area contributed by atoms with Crippen LogP contribution in [0.1, 0.15) is 30.5 Å². The van der Waals surface area contributed by atoms with Gasteiger partial charge in [0.15, 0.2) is 0 Å². The molecule has 1 amide bonds. The van der Waals surface area contributed by atoms with Gasteiger partial charge in [-0.3, -0.25) is 4.79 Å². The lowest BCUT2D eigenvalue weighted by atomic mass is 9.98. The summed E-state index contributed by atoms with van der Waals surface area (Å²) < 4.78 is 0. The quantitative estimate of drug-likeness (QED) is 0.735. The largest absolute Gasteiger partial charge is 0.363 e. The van der Waals surface area contributed by atoms with Gasteiger partial charge in [0.2, 0.25) is 5.91 Å². The number of carbonyl (C=O) groups excluding carboxylic acids is 1. The van der Waals surface area contributed by atoms with Crippen LogP contribution in [0, 0.1) is 0 Å². The van der Waals surface area contributed by atoms with Gasteiger partial charge in [0.05, 0.1) is 5.52 Å². The Bertz CT molecular complexity index is 973. The van der Waals surface area contributed by atoms with E-state index >= 15 is 0 Å². The molecule has 3 aromatic rings. The molecule has 1 aliphatic rings. The number of fused-ring (bicyclic) bond motifs is 2. The summed E-state index contributed by atoms with van der Waals surface area (Å²) in [7, 11) is 0. The molecule has 5 nitrogen and oxygen atoms in total. The second-order valence-electron chi connectivity index (χ2n) is 6.21. The molecule has 1 aliphatic heterocycles. The van der Waals surface area contributed by atoms with E-state index in [1.54, 1.807) is 0 Å². The van der Waals surface area contributed by atoms with E-state index in [1.165, 1.54) is 11.9 Å². The topological polar surface area (TPSA) is 66.9 Å². The summed E-state index contributed by atoms with van der Waals surface area (Å²) in [6.45, 7) is 2.09. The molecule has 0 bridgehead atoms. The fraction of sp³-hybridized carbons (Fsp3) is 0.211. The molecule has 4 rings (SSSR count). The molecule has 0 fully saturated rings. The van der Waals surface area contributed by atoms with Crippen LogP contribution < -0.4 is 10.6 Å². The van der Waals surface area contributed by atoms with Gasteiger partial charge in [0.1, 0.15) is 12.1 Å². The Morgan fingerprint density at radius 2 is 2.04 bits per heavy atom. The Hall–Kier alpha value is -2.66. The summed E-state index contributed by atoms with van der Waals surface area (Å²) in [5.41, 5.74) is 4.04. The van der Waals surface area contributed by atoms with Gasteiger partial charge in [0.25, 0.3) is 0 Å². The standard InChI is InChI=1S/C19H17ClN4O/c1-11(12-2-6-16-13(8-12)3-7-18(25)24-16)23-19-15-5-4-14(20)9-17(15)21-10-22-19/h2,4-6,8-11H,3,7H2,1H3,(H,24,25)(H,21,22,23). The van der Waals surface area contributed by atoms with Gasteiger partial charge in [-0.15, -0.1) is 0 Å². The minimum absolute atomic E-state index is 0.0664. The van der Waals surface area contributed by atoms with Crippen molar-refractivity contribution in [1.82, 2.24) is 9.97 Å². The van der Waals surface area contributed by atoms with Crippen molar-refractivity contribution in [2.45, 2.75) is 25.8 Å². The SMILES string of the molecule is CC(Nc1ncnc2cc(Cl)ccc12)c1ccc2c(c1)CCC(=O)N2. The maximum Gasteiger partial charge on any atom is 0.224 e. The number of aryl methyl sites for hydroxylation is 1. The molecule has 25 heavy (non-hydrogen) atoms. The van der Waals surface area contributed by atoms with Gasteiger partial charge in [-0.05, 0) is 48.7 Å². The number of hydrogen-bond donors (Lipinski definition) is 2. The predicted molar refractivity (Wildman–Crippen MR) is 100.0 cm³/mol. The van der Waals surface area contributed by atoms with Gasteiger partial charge in [-0.2, -0.15) is 0 Å². The van der Waals surface area contributed by atoms with E-state index in [1.807, 2.05) is 30.3 Å². The maximum absolute atomic E-state index is 11.5. The molecule has 0 saturated carbocycles. The fourth-order valence-corrected chi connectivity index (χ4v) is 3.27. The van der Waals surface area contributed by atoms with E-state index in [4.69, 9.17) is 11.6 Å². The Morgan fingerprint density at radius 1 is 1.16 bits per heavy atom. The van der Waals surface area contributed by atoms with Crippen LogP contribution in [0.4, 0.5) is 11.5 Å². The normalized spacial score (nSPS) is 14.7. The Balaban J connectivity index is 1.62. The summed E-state index contributed by atoms with van der Waals surface area (Å²) in [6, 6.07) is 11.8. The third kappa shape index (κ3) is 3.15. The van der Waals surface area contributed by atoms with Crippen LogP contribution >= 0.6 is 11.6 Å². The van der Waals surface area contributed by atoms with Crippen LogP contribution in [0.2, 0.25) is 5.02 Å². The third-order valence-corrected chi connectivity index (χ3v) is 4.71. The number of nitrogens with zero attached hydrogens (tertiary/aromatic N) is 2. The van der Waals surface area contributed by atoms with E-state index in [0.29, 0.717) is 11.4 Å². The predicted octanol–water partition coefficient (Wildman–Crippen LogP) is 4.34. The Labute approximate surface area is 150 Å². The Kier molecular flexibility index (Phi) is 4.01. The van der Waals surface area contributed by atoms with Gasteiger partial charge >= 0.3 is 0 Å². The highest BCUT2D eigenvalue weighted by molar-refractivity contribution is 6.31. The highest BCUT2D eigenvalue weighted by Crippen LogP contribution is 2.29. The van der Waals surface area contributed by atoms with Crippen molar-refractivity contribution < 1.29 is 4.79 Å². The van der Waals surface area contributed by atoms with Gasteiger partial charge < -0.3 is 10.6 Å². The van der Waals surface area contributed by atoms with Crippen molar-refractivity contribution >= 4 is 39.9 Å². The molecule has 1 aromatic heterocycles. The minimum Gasteiger partial charge on any atom is -0.363 e. The molecule has 0 saturated heterocycles. The average molecular weight is 353 g/mol. The first-order valence-electron chi connectivity index (χ1n) is 8.19. The number of anilines is 2. The average Bonchev–Trinajstić information content (AvgIpc) is 2.61. The molecule has 126 valence electrons. The van der Waals surface area contributed by atoms with E-state index in [9.17, 15) is 4.79 Å². The zero-order chi connectivity index (χ0) is 17.4. The lowest BCUT2D eigenvalue weighted by Crippen LogP contribution is -2.19. The van der Waals surface area contributed by atoms with E-state index in [0.717, 1.165) is 34.4 Å². The summed E-state index contributed by atoms with van der Waals surface area (Å²) in [5.74, 6) is 0.859. The van der Waals surface area contributed by atoms with E-state index < -0.39 is 0 Å². The van der Waals surface area contributed by atoms with Crippen LogP contribution in [-0.4, -0.2) is 15.9 Å². The fourth-order valence-electron chi connectivity index (χ4n) is 3.11. The molecule has 2 N–H and O–H groups in total. The van der Waals surface area contributed by atoms with Gasteiger partial charge in [-0.1, -0.05) is 23.7 Å². The minimum atomic E-state index is 0.0664. The van der Waals surface area contributed by atoms with Crippen LogP contribution in [0.15, 0.2) is 42.7 Å². The third-order valence-electron chi connectivity index (χ3n) is 4.48. The smallest absolute Gasteiger partial charge is 0.224 e. The number of nitrogens with one attached hydrogen (secondary N) is 2. The summed E-state index contributed by atoms with van der Waals surface area (Å²) >= 11 is 6.04. The van der Waals surface area contributed by atoms with Crippen molar-refractivity contribution in [3.8, 4) is 0 Å². The lowest BCUT2D eigenvalue weighted by Gasteiger charge is -2.21. The number of amides is 1. The molecule has 0 spiro atoms. The maximum atomic E-state index is 11.5. The first-order chi connectivity index (χ1) is 12.1. The van der Waals surface area contributed by atoms with Crippen molar-refractivity contribution in [3.05, 3.63) is 58.9 Å². The summed E-state index contributed by atoms with van der Waals surface area (Å²) in [6.07, 6.45) is 2.85. The molecule has 1 atom stereocenters. The Morgan fingerprint density at radius 3 is 2.92 bits per heavy atom. The number of carbonyl (C=O) groups is 1. The van der Waals surface area contributed by atoms with Crippen molar-refractivity contribution in [2.24, 2.45) is 0 Å². The highest BCUT2D eigenvalue weighted by atomic mass is 35.5.